The third kappa shape index (κ3) is 3.47. The van der Waals surface area contributed by atoms with E-state index in [2.05, 4.69) is 34.1 Å². The van der Waals surface area contributed by atoms with E-state index in [1.807, 2.05) is 17.9 Å². The predicted octanol–water partition coefficient (Wildman–Crippen LogP) is 2.20. The highest BCUT2D eigenvalue weighted by molar-refractivity contribution is 7.09. The molecule has 0 radical (unpaired) electrons. The van der Waals surface area contributed by atoms with Crippen LogP contribution in [0.5, 0.6) is 0 Å². The molecule has 3 nitrogen and oxygen atoms in total. The maximum absolute atomic E-state index is 4.15. The van der Waals surface area contributed by atoms with Crippen LogP contribution in [0.15, 0.2) is 29.9 Å². The number of aryl methyl sites for hydroxylation is 2. The van der Waals surface area contributed by atoms with E-state index in [-0.39, 0.29) is 0 Å². The summed E-state index contributed by atoms with van der Waals surface area (Å²) in [5.74, 6) is 0. The minimum absolute atomic E-state index is 0.991. The van der Waals surface area contributed by atoms with Crippen LogP contribution < -0.4 is 5.32 Å². The zero-order valence-electron chi connectivity index (χ0n) is 9.52. The molecule has 0 saturated carbocycles. The Morgan fingerprint density at radius 1 is 1.50 bits per heavy atom. The van der Waals surface area contributed by atoms with Crippen molar-refractivity contribution in [2.24, 2.45) is 7.05 Å². The molecular weight excluding hydrogens is 218 g/mol. The van der Waals surface area contributed by atoms with Crippen LogP contribution in [0.4, 0.5) is 0 Å². The minimum atomic E-state index is 0.991. The van der Waals surface area contributed by atoms with Crippen LogP contribution in [0.3, 0.4) is 0 Å². The van der Waals surface area contributed by atoms with E-state index in [9.17, 15) is 0 Å². The second kappa shape index (κ2) is 5.82. The van der Waals surface area contributed by atoms with Crippen LogP contribution in [0.1, 0.15) is 16.9 Å². The van der Waals surface area contributed by atoms with Crippen LogP contribution in [-0.2, 0) is 20.0 Å². The Hall–Kier alpha value is -1.13. The Kier molecular flexibility index (Phi) is 4.13. The maximum atomic E-state index is 4.15. The normalized spacial score (nSPS) is 10.8. The lowest BCUT2D eigenvalue weighted by atomic mass is 10.2. The van der Waals surface area contributed by atoms with E-state index < -0.39 is 0 Å². The SMILES string of the molecule is Cn1cc(CCCNCc2cccs2)cn1. The number of nitrogens with one attached hydrogen (secondary N) is 1. The van der Waals surface area contributed by atoms with Gasteiger partial charge >= 0.3 is 0 Å². The van der Waals surface area contributed by atoms with E-state index in [0.717, 1.165) is 25.9 Å². The van der Waals surface area contributed by atoms with Gasteiger partial charge in [0.15, 0.2) is 0 Å². The molecule has 1 N–H and O–H groups in total. The van der Waals surface area contributed by atoms with Crippen molar-refractivity contribution in [3.63, 3.8) is 0 Å². The van der Waals surface area contributed by atoms with Gasteiger partial charge in [0.2, 0.25) is 0 Å². The molecule has 2 aromatic rings. The van der Waals surface area contributed by atoms with E-state index >= 15 is 0 Å². The Balaban J connectivity index is 1.59. The number of nitrogens with zero attached hydrogens (tertiary/aromatic N) is 2. The monoisotopic (exact) mass is 235 g/mol. The van der Waals surface area contributed by atoms with E-state index in [1.54, 1.807) is 11.3 Å². The summed E-state index contributed by atoms with van der Waals surface area (Å²) in [7, 11) is 1.96. The van der Waals surface area contributed by atoms with Crippen molar-refractivity contribution in [2.45, 2.75) is 19.4 Å². The van der Waals surface area contributed by atoms with Crippen molar-refractivity contribution in [1.29, 1.82) is 0 Å². The van der Waals surface area contributed by atoms with Gasteiger partial charge in [-0.05, 0) is 36.4 Å². The predicted molar refractivity (Wildman–Crippen MR) is 67.6 cm³/mol. The molecule has 0 amide bonds. The van der Waals surface area contributed by atoms with Gasteiger partial charge in [-0.1, -0.05) is 6.07 Å². The van der Waals surface area contributed by atoms with E-state index in [0.29, 0.717) is 0 Å². The maximum Gasteiger partial charge on any atom is 0.0521 e. The van der Waals surface area contributed by atoms with Gasteiger partial charge in [-0.15, -0.1) is 11.3 Å². The molecule has 0 fully saturated rings. The Morgan fingerprint density at radius 2 is 2.44 bits per heavy atom. The fourth-order valence-electron chi connectivity index (χ4n) is 1.64. The number of rotatable bonds is 6. The molecule has 0 aliphatic rings. The average Bonchev–Trinajstić information content (AvgIpc) is 2.89. The topological polar surface area (TPSA) is 29.9 Å². The molecule has 16 heavy (non-hydrogen) atoms. The first-order valence-corrected chi connectivity index (χ1v) is 6.43. The molecule has 0 aliphatic carbocycles. The van der Waals surface area contributed by atoms with Crippen molar-refractivity contribution in [3.05, 3.63) is 40.3 Å². The highest BCUT2D eigenvalue weighted by Crippen LogP contribution is 2.07. The summed E-state index contributed by atoms with van der Waals surface area (Å²) < 4.78 is 1.86. The molecule has 0 aromatic carbocycles. The Bertz CT molecular complexity index is 406. The van der Waals surface area contributed by atoms with Crippen LogP contribution in [0, 0.1) is 0 Å². The molecular formula is C12H17N3S. The van der Waals surface area contributed by atoms with Crippen molar-refractivity contribution in [3.8, 4) is 0 Å². The lowest BCUT2D eigenvalue weighted by molar-refractivity contribution is 0.654. The molecule has 2 rings (SSSR count). The van der Waals surface area contributed by atoms with Gasteiger partial charge < -0.3 is 5.32 Å². The first-order valence-electron chi connectivity index (χ1n) is 5.55. The number of hydrogen-bond donors (Lipinski definition) is 1. The van der Waals surface area contributed by atoms with Gasteiger partial charge in [0.1, 0.15) is 0 Å². The molecule has 4 heteroatoms. The van der Waals surface area contributed by atoms with Crippen molar-refractivity contribution in [2.75, 3.05) is 6.54 Å². The fourth-order valence-corrected chi connectivity index (χ4v) is 2.32. The first kappa shape index (κ1) is 11.4. The lowest BCUT2D eigenvalue weighted by Gasteiger charge is -2.01. The summed E-state index contributed by atoms with van der Waals surface area (Å²) >= 11 is 1.80. The zero-order valence-corrected chi connectivity index (χ0v) is 10.3. The molecule has 0 aliphatic heterocycles. The van der Waals surface area contributed by atoms with E-state index in [1.165, 1.54) is 10.4 Å². The highest BCUT2D eigenvalue weighted by atomic mass is 32.1. The van der Waals surface area contributed by atoms with E-state index in [4.69, 9.17) is 0 Å². The third-order valence-electron chi connectivity index (χ3n) is 2.46. The van der Waals surface area contributed by atoms with Gasteiger partial charge in [-0.2, -0.15) is 5.10 Å². The van der Waals surface area contributed by atoms with Crippen molar-refractivity contribution < 1.29 is 0 Å². The average molecular weight is 235 g/mol. The van der Waals surface area contributed by atoms with Crippen LogP contribution >= 0.6 is 11.3 Å². The summed E-state index contributed by atoms with van der Waals surface area (Å²) in [5, 5.41) is 9.72. The van der Waals surface area contributed by atoms with Gasteiger partial charge in [-0.3, -0.25) is 4.68 Å². The summed E-state index contributed by atoms with van der Waals surface area (Å²) in [4.78, 5) is 1.40. The molecule has 0 atom stereocenters. The molecule has 0 spiro atoms. The largest absolute Gasteiger partial charge is 0.312 e. The Morgan fingerprint density at radius 3 is 3.12 bits per heavy atom. The smallest absolute Gasteiger partial charge is 0.0521 e. The molecule has 86 valence electrons. The van der Waals surface area contributed by atoms with Crippen molar-refractivity contribution in [1.82, 2.24) is 15.1 Å². The summed E-state index contributed by atoms with van der Waals surface area (Å²) in [6, 6.07) is 4.26. The Labute approximate surface area is 100 Å². The number of aromatic nitrogens is 2. The quantitative estimate of drug-likeness (QED) is 0.778. The third-order valence-corrected chi connectivity index (χ3v) is 3.33. The van der Waals surface area contributed by atoms with Gasteiger partial charge in [0, 0.05) is 24.7 Å². The molecule has 0 unspecified atom stereocenters. The molecule has 2 heterocycles. The summed E-state index contributed by atoms with van der Waals surface area (Å²) in [6.45, 7) is 2.05. The zero-order chi connectivity index (χ0) is 11.2. The number of thiophene rings is 1. The van der Waals surface area contributed by atoms with Crippen LogP contribution in [0.25, 0.3) is 0 Å². The lowest BCUT2D eigenvalue weighted by Crippen LogP contribution is -2.14. The standard InChI is InChI=1S/C12H17N3S/c1-15-10-11(8-14-15)4-2-6-13-9-12-5-3-7-16-12/h3,5,7-8,10,13H,2,4,6,9H2,1H3. The first-order chi connectivity index (χ1) is 7.84. The molecule has 0 bridgehead atoms. The highest BCUT2D eigenvalue weighted by Gasteiger charge is 1.96. The second-order valence-electron chi connectivity index (χ2n) is 3.88. The number of hydrogen-bond acceptors (Lipinski definition) is 3. The van der Waals surface area contributed by atoms with Crippen LogP contribution in [0.2, 0.25) is 0 Å². The fraction of sp³-hybridized carbons (Fsp3) is 0.417. The minimum Gasteiger partial charge on any atom is -0.312 e. The molecule has 0 saturated heterocycles. The second-order valence-corrected chi connectivity index (χ2v) is 4.91. The van der Waals surface area contributed by atoms with Gasteiger partial charge in [0.25, 0.3) is 0 Å². The summed E-state index contributed by atoms with van der Waals surface area (Å²) in [5.41, 5.74) is 1.32. The van der Waals surface area contributed by atoms with Gasteiger partial charge in [0.05, 0.1) is 6.20 Å². The van der Waals surface area contributed by atoms with Gasteiger partial charge in [-0.25, -0.2) is 0 Å². The van der Waals surface area contributed by atoms with Crippen LogP contribution in [-0.4, -0.2) is 16.3 Å². The molecule has 2 aromatic heterocycles. The van der Waals surface area contributed by atoms with Crippen molar-refractivity contribution >= 4 is 11.3 Å². The summed E-state index contributed by atoms with van der Waals surface area (Å²) in [6.07, 6.45) is 6.29.